The highest BCUT2D eigenvalue weighted by atomic mass is 35.5. The van der Waals surface area contributed by atoms with Crippen molar-refractivity contribution < 1.29 is 9.59 Å². The zero-order valence-electron chi connectivity index (χ0n) is 17.8. The van der Waals surface area contributed by atoms with E-state index in [1.54, 1.807) is 42.5 Å². The lowest BCUT2D eigenvalue weighted by molar-refractivity contribution is 0.102. The third kappa shape index (κ3) is 5.28. The fourth-order valence-corrected chi connectivity index (χ4v) is 3.80. The first-order valence-electron chi connectivity index (χ1n) is 10.5. The molecule has 6 nitrogen and oxygen atoms in total. The molecule has 0 atom stereocenters. The van der Waals surface area contributed by atoms with E-state index in [1.165, 1.54) is 0 Å². The molecule has 0 bridgehead atoms. The van der Waals surface area contributed by atoms with Crippen molar-refractivity contribution in [2.24, 2.45) is 0 Å². The molecule has 0 unspecified atom stereocenters. The van der Waals surface area contributed by atoms with Crippen molar-refractivity contribution in [3.8, 4) is 0 Å². The average molecular weight is 449 g/mol. The molecular weight excluding hydrogens is 424 g/mol. The lowest BCUT2D eigenvalue weighted by Crippen LogP contribution is -2.44. The Morgan fingerprint density at radius 3 is 2.09 bits per heavy atom. The number of carbonyl (C=O) groups excluding carboxylic acids is 2. The maximum Gasteiger partial charge on any atom is 0.255 e. The van der Waals surface area contributed by atoms with Crippen LogP contribution in [-0.2, 0) is 0 Å². The topological polar surface area (TPSA) is 64.7 Å². The fraction of sp³-hybridized carbons (Fsp3) is 0.200. The second kappa shape index (κ2) is 9.85. The van der Waals surface area contributed by atoms with E-state index in [-0.39, 0.29) is 11.8 Å². The van der Waals surface area contributed by atoms with Crippen LogP contribution in [-0.4, -0.2) is 49.9 Å². The number of halogens is 1. The Morgan fingerprint density at radius 2 is 1.41 bits per heavy atom. The van der Waals surface area contributed by atoms with Crippen molar-refractivity contribution in [1.82, 2.24) is 4.90 Å². The number of hydrogen-bond acceptors (Lipinski definition) is 4. The molecule has 1 aliphatic rings. The van der Waals surface area contributed by atoms with Gasteiger partial charge in [0.25, 0.3) is 11.8 Å². The predicted octanol–water partition coefficient (Wildman–Crippen LogP) is 4.60. The van der Waals surface area contributed by atoms with Crippen LogP contribution in [0, 0.1) is 0 Å². The number of benzene rings is 3. The lowest BCUT2D eigenvalue weighted by atomic mass is 10.1. The minimum absolute atomic E-state index is 0.196. The van der Waals surface area contributed by atoms with Crippen molar-refractivity contribution >= 4 is 40.5 Å². The molecule has 3 aromatic carbocycles. The van der Waals surface area contributed by atoms with Crippen LogP contribution in [0.5, 0.6) is 0 Å². The van der Waals surface area contributed by atoms with Gasteiger partial charge >= 0.3 is 0 Å². The zero-order chi connectivity index (χ0) is 22.5. The summed E-state index contributed by atoms with van der Waals surface area (Å²) in [5, 5.41) is 6.40. The molecule has 32 heavy (non-hydrogen) atoms. The van der Waals surface area contributed by atoms with Gasteiger partial charge in [-0.05, 0) is 61.6 Å². The molecule has 0 spiro atoms. The largest absolute Gasteiger partial charge is 0.367 e. The molecule has 0 saturated carbocycles. The van der Waals surface area contributed by atoms with Crippen LogP contribution in [0.4, 0.5) is 17.1 Å². The number of anilines is 3. The van der Waals surface area contributed by atoms with Crippen molar-refractivity contribution in [2.45, 2.75) is 0 Å². The Balaban J connectivity index is 1.45. The smallest absolute Gasteiger partial charge is 0.255 e. The Kier molecular flexibility index (Phi) is 6.73. The van der Waals surface area contributed by atoms with E-state index in [4.69, 9.17) is 11.6 Å². The van der Waals surface area contributed by atoms with E-state index in [1.807, 2.05) is 30.3 Å². The number of carbonyl (C=O) groups is 2. The molecule has 2 N–H and O–H groups in total. The molecule has 164 valence electrons. The minimum atomic E-state index is -0.233. The normalized spacial score (nSPS) is 14.1. The van der Waals surface area contributed by atoms with Crippen molar-refractivity contribution in [3.05, 3.63) is 88.9 Å². The standard InChI is InChI=1S/C25H25ClN4O2/c1-29-13-15-30(16-14-29)23-12-9-20(26)17-22(23)28-25(32)19-7-10-21(11-8-19)27-24(31)18-5-3-2-4-6-18/h2-12,17H,13-16H2,1H3,(H,27,31)(H,28,32). The number of rotatable bonds is 5. The minimum Gasteiger partial charge on any atom is -0.367 e. The molecule has 0 aromatic heterocycles. The summed E-state index contributed by atoms with van der Waals surface area (Å²) in [5.74, 6) is -0.429. The van der Waals surface area contributed by atoms with Crippen molar-refractivity contribution in [1.29, 1.82) is 0 Å². The molecule has 1 fully saturated rings. The van der Waals surface area contributed by atoms with E-state index >= 15 is 0 Å². The van der Waals surface area contributed by atoms with Crippen LogP contribution >= 0.6 is 11.6 Å². The van der Waals surface area contributed by atoms with Crippen LogP contribution in [0.25, 0.3) is 0 Å². The fourth-order valence-electron chi connectivity index (χ4n) is 3.62. The first kappa shape index (κ1) is 21.9. The number of piperazine rings is 1. The van der Waals surface area contributed by atoms with Crippen LogP contribution in [0.15, 0.2) is 72.8 Å². The summed E-state index contributed by atoms with van der Waals surface area (Å²) in [7, 11) is 2.10. The van der Waals surface area contributed by atoms with Gasteiger partial charge in [-0.3, -0.25) is 9.59 Å². The molecule has 1 saturated heterocycles. The summed E-state index contributed by atoms with van der Waals surface area (Å²) in [5.41, 5.74) is 3.34. The van der Waals surface area contributed by atoms with E-state index in [9.17, 15) is 9.59 Å². The molecule has 1 aliphatic heterocycles. The van der Waals surface area contributed by atoms with Gasteiger partial charge in [0.15, 0.2) is 0 Å². The molecule has 7 heteroatoms. The van der Waals surface area contributed by atoms with E-state index in [2.05, 4.69) is 27.5 Å². The number of amides is 2. The van der Waals surface area contributed by atoms with Crippen LogP contribution in [0.3, 0.4) is 0 Å². The van der Waals surface area contributed by atoms with E-state index < -0.39 is 0 Å². The Labute approximate surface area is 192 Å². The second-order valence-corrected chi connectivity index (χ2v) is 8.24. The summed E-state index contributed by atoms with van der Waals surface area (Å²) in [4.78, 5) is 29.7. The molecule has 0 aliphatic carbocycles. The van der Waals surface area contributed by atoms with Crippen molar-refractivity contribution in [3.63, 3.8) is 0 Å². The summed E-state index contributed by atoms with van der Waals surface area (Å²) in [6.07, 6.45) is 0. The van der Waals surface area contributed by atoms with Crippen LogP contribution in [0.2, 0.25) is 5.02 Å². The lowest BCUT2D eigenvalue weighted by Gasteiger charge is -2.35. The van der Waals surface area contributed by atoms with E-state index in [0.29, 0.717) is 27.5 Å². The molecule has 4 rings (SSSR count). The second-order valence-electron chi connectivity index (χ2n) is 7.80. The third-order valence-corrected chi connectivity index (χ3v) is 5.73. The monoisotopic (exact) mass is 448 g/mol. The first-order valence-corrected chi connectivity index (χ1v) is 10.9. The Bertz CT molecular complexity index is 1090. The highest BCUT2D eigenvalue weighted by Crippen LogP contribution is 2.30. The number of nitrogens with zero attached hydrogens (tertiary/aromatic N) is 2. The van der Waals surface area contributed by atoms with Gasteiger partial charge in [0.05, 0.1) is 11.4 Å². The molecular formula is C25H25ClN4O2. The van der Waals surface area contributed by atoms with Crippen LogP contribution < -0.4 is 15.5 Å². The average Bonchev–Trinajstić information content (AvgIpc) is 2.81. The van der Waals surface area contributed by atoms with Gasteiger partial charge in [-0.25, -0.2) is 0 Å². The number of hydrogen-bond donors (Lipinski definition) is 2. The molecule has 3 aromatic rings. The molecule has 1 heterocycles. The molecule has 2 amide bonds. The first-order chi connectivity index (χ1) is 15.5. The maximum atomic E-state index is 12.9. The maximum absolute atomic E-state index is 12.9. The van der Waals surface area contributed by atoms with Gasteiger partial charge in [0.2, 0.25) is 0 Å². The predicted molar refractivity (Wildman–Crippen MR) is 130 cm³/mol. The summed E-state index contributed by atoms with van der Waals surface area (Å²) >= 11 is 6.21. The Morgan fingerprint density at radius 1 is 0.781 bits per heavy atom. The van der Waals surface area contributed by atoms with E-state index in [0.717, 1.165) is 31.9 Å². The van der Waals surface area contributed by atoms with Gasteiger partial charge in [-0.2, -0.15) is 0 Å². The number of likely N-dealkylation sites (N-methyl/N-ethyl adjacent to an activating group) is 1. The van der Waals surface area contributed by atoms with Gasteiger partial charge in [-0.1, -0.05) is 29.8 Å². The highest BCUT2D eigenvalue weighted by Gasteiger charge is 2.19. The van der Waals surface area contributed by atoms with Gasteiger partial charge in [0.1, 0.15) is 0 Å². The van der Waals surface area contributed by atoms with Gasteiger partial charge in [-0.15, -0.1) is 0 Å². The zero-order valence-corrected chi connectivity index (χ0v) is 18.6. The molecule has 0 radical (unpaired) electrons. The highest BCUT2D eigenvalue weighted by molar-refractivity contribution is 6.31. The number of nitrogens with one attached hydrogen (secondary N) is 2. The summed E-state index contributed by atoms with van der Waals surface area (Å²) in [6.45, 7) is 3.70. The third-order valence-electron chi connectivity index (χ3n) is 5.49. The van der Waals surface area contributed by atoms with Crippen molar-refractivity contribution in [2.75, 3.05) is 48.8 Å². The SMILES string of the molecule is CN1CCN(c2ccc(Cl)cc2NC(=O)c2ccc(NC(=O)c3ccccc3)cc2)CC1. The van der Waals surface area contributed by atoms with Gasteiger partial charge in [0, 0.05) is 48.0 Å². The van der Waals surface area contributed by atoms with Crippen LogP contribution in [0.1, 0.15) is 20.7 Å². The summed E-state index contributed by atoms with van der Waals surface area (Å²) in [6, 6.07) is 21.4. The summed E-state index contributed by atoms with van der Waals surface area (Å²) < 4.78 is 0. The van der Waals surface area contributed by atoms with Gasteiger partial charge < -0.3 is 20.4 Å². The quantitative estimate of drug-likeness (QED) is 0.599. The Hall–Kier alpha value is -3.35.